The Morgan fingerprint density at radius 3 is 2.96 bits per heavy atom. The lowest BCUT2D eigenvalue weighted by molar-refractivity contribution is 0.489. The van der Waals surface area contributed by atoms with E-state index in [1.165, 1.54) is 11.3 Å². The number of aromatic nitrogens is 5. The fourth-order valence-corrected chi connectivity index (χ4v) is 3.58. The Morgan fingerprint density at radius 2 is 2.17 bits per heavy atom. The van der Waals surface area contributed by atoms with Gasteiger partial charge in [0.1, 0.15) is 6.67 Å². The molecule has 0 aliphatic carbocycles. The molecule has 3 aromatic heterocycles. The number of hydrogen-bond donors (Lipinski definition) is 2. The van der Waals surface area contributed by atoms with Crippen LogP contribution in [0.5, 0.6) is 0 Å². The largest absolute Gasteiger partial charge is 0.352 e. The number of nitrogens with one attached hydrogen (secondary N) is 2. The summed E-state index contributed by atoms with van der Waals surface area (Å²) < 4.78 is 25.6. The van der Waals surface area contributed by atoms with Gasteiger partial charge in [0.2, 0.25) is 5.95 Å². The van der Waals surface area contributed by atoms with Gasteiger partial charge in [-0.15, -0.1) is 11.3 Å². The van der Waals surface area contributed by atoms with Crippen molar-refractivity contribution in [1.82, 2.24) is 25.1 Å². The van der Waals surface area contributed by atoms with Gasteiger partial charge >= 0.3 is 0 Å². The molecule has 2 N–H and O–H groups in total. The van der Waals surface area contributed by atoms with Crippen molar-refractivity contribution in [3.63, 3.8) is 0 Å². The Labute approximate surface area is 139 Å². The maximum Gasteiger partial charge on any atom is 0.229 e. The molecule has 0 saturated heterocycles. The molecule has 0 unspecified atom stereocenters. The van der Waals surface area contributed by atoms with E-state index in [2.05, 4.69) is 30.5 Å². The van der Waals surface area contributed by atoms with Crippen LogP contribution in [0.25, 0.3) is 11.3 Å². The van der Waals surface area contributed by atoms with Crippen LogP contribution in [-0.2, 0) is 6.42 Å². The number of fused-ring (bicyclic) bond motifs is 3. The van der Waals surface area contributed by atoms with E-state index < -0.39 is 12.5 Å². The predicted octanol–water partition coefficient (Wildman–Crippen LogP) is 2.54. The van der Waals surface area contributed by atoms with E-state index in [1.807, 2.05) is 4.90 Å². The zero-order chi connectivity index (χ0) is 16.5. The summed E-state index contributed by atoms with van der Waals surface area (Å²) in [5.41, 5.74) is 1.66. The molecule has 24 heavy (non-hydrogen) atoms. The summed E-state index contributed by atoms with van der Waals surface area (Å²) in [6.45, 7) is 0.548. The lowest BCUT2D eigenvalue weighted by Gasteiger charge is -2.19. The van der Waals surface area contributed by atoms with Crippen LogP contribution < -0.4 is 10.2 Å². The van der Waals surface area contributed by atoms with Crippen molar-refractivity contribution in [2.75, 3.05) is 30.0 Å². The molecule has 0 saturated carbocycles. The van der Waals surface area contributed by atoms with Crippen LogP contribution in [-0.4, -0.2) is 44.9 Å². The van der Waals surface area contributed by atoms with Crippen LogP contribution in [0.15, 0.2) is 18.6 Å². The molecule has 0 radical (unpaired) electrons. The minimum atomic E-state index is -0.494. The van der Waals surface area contributed by atoms with Crippen LogP contribution in [0.2, 0.25) is 0 Å². The van der Waals surface area contributed by atoms with Crippen LogP contribution in [0.3, 0.4) is 0 Å². The highest BCUT2D eigenvalue weighted by atomic mass is 32.1. The highest BCUT2D eigenvalue weighted by Crippen LogP contribution is 2.38. The molecule has 1 aliphatic rings. The quantitative estimate of drug-likeness (QED) is 0.753. The number of hydrogen-bond acceptors (Lipinski definition) is 7. The van der Waals surface area contributed by atoms with Crippen LogP contribution in [0.4, 0.5) is 25.7 Å². The minimum Gasteiger partial charge on any atom is -0.352 e. The Hall–Kier alpha value is -2.62. The summed E-state index contributed by atoms with van der Waals surface area (Å²) in [7, 11) is 0. The molecule has 0 bridgehead atoms. The summed E-state index contributed by atoms with van der Waals surface area (Å²) in [4.78, 5) is 15.3. The van der Waals surface area contributed by atoms with Gasteiger partial charge < -0.3 is 10.2 Å². The lowest BCUT2D eigenvalue weighted by Crippen LogP contribution is -2.27. The van der Waals surface area contributed by atoms with Gasteiger partial charge in [0.05, 0.1) is 23.7 Å². The van der Waals surface area contributed by atoms with Gasteiger partial charge in [0.25, 0.3) is 0 Å². The van der Waals surface area contributed by atoms with Crippen LogP contribution >= 0.6 is 11.3 Å². The summed E-state index contributed by atoms with van der Waals surface area (Å²) in [5, 5.41) is 10.7. The Morgan fingerprint density at radius 1 is 1.33 bits per heavy atom. The second-order valence-electron chi connectivity index (χ2n) is 5.19. The number of halogens is 2. The molecule has 4 heterocycles. The van der Waals surface area contributed by atoms with Crippen LogP contribution in [0.1, 0.15) is 4.88 Å². The SMILES string of the molecule is FCCN1CCc2sc(Nc3ncc(F)cn3)nc2-c2c[nH]nc21. The molecule has 7 nitrogen and oxygen atoms in total. The molecular weight excluding hydrogens is 336 g/mol. The molecule has 124 valence electrons. The topological polar surface area (TPSA) is 82.6 Å². The molecule has 10 heteroatoms. The Kier molecular flexibility index (Phi) is 3.81. The summed E-state index contributed by atoms with van der Waals surface area (Å²) >= 11 is 1.48. The molecule has 0 fully saturated rings. The monoisotopic (exact) mass is 349 g/mol. The molecule has 0 spiro atoms. The summed E-state index contributed by atoms with van der Waals surface area (Å²) in [6.07, 6.45) is 4.70. The number of alkyl halides is 1. The van der Waals surface area contributed by atoms with E-state index in [0.717, 1.165) is 34.9 Å². The normalized spacial score (nSPS) is 13.3. The standard InChI is InChI=1S/C14H13F2N7S/c15-2-4-23-3-1-10-11(9-7-19-22-12(9)23)20-14(24-10)21-13-17-5-8(16)6-18-13/h5-7H,1-4H2,(H,19,22)(H,17,18,20,21). The predicted molar refractivity (Wildman–Crippen MR) is 86.9 cm³/mol. The molecule has 3 aromatic rings. The first-order chi connectivity index (χ1) is 11.7. The fraction of sp³-hybridized carbons (Fsp3) is 0.286. The number of aromatic amines is 1. The average molecular weight is 349 g/mol. The van der Waals surface area contributed by atoms with Gasteiger partial charge in [-0.2, -0.15) is 5.10 Å². The number of anilines is 3. The van der Waals surface area contributed by atoms with Crippen molar-refractivity contribution in [3.05, 3.63) is 29.3 Å². The molecule has 1 aliphatic heterocycles. The fourth-order valence-electron chi connectivity index (χ4n) is 2.62. The van der Waals surface area contributed by atoms with E-state index in [4.69, 9.17) is 0 Å². The van der Waals surface area contributed by atoms with Crippen molar-refractivity contribution >= 4 is 28.2 Å². The third kappa shape index (κ3) is 2.68. The molecule has 0 aromatic carbocycles. The molecule has 4 rings (SSSR count). The van der Waals surface area contributed by atoms with E-state index in [1.54, 1.807) is 6.20 Å². The van der Waals surface area contributed by atoms with Crippen molar-refractivity contribution in [3.8, 4) is 11.3 Å². The van der Waals surface area contributed by atoms with Gasteiger partial charge in [0.15, 0.2) is 16.8 Å². The maximum atomic E-state index is 12.9. The third-order valence-corrected chi connectivity index (χ3v) is 4.71. The molecule has 0 amide bonds. The summed E-state index contributed by atoms with van der Waals surface area (Å²) in [6, 6.07) is 0. The Balaban J connectivity index is 1.65. The van der Waals surface area contributed by atoms with Crippen molar-refractivity contribution in [2.45, 2.75) is 6.42 Å². The van der Waals surface area contributed by atoms with Crippen molar-refractivity contribution in [2.24, 2.45) is 0 Å². The first-order valence-corrected chi connectivity index (χ1v) is 8.15. The van der Waals surface area contributed by atoms with Gasteiger partial charge in [0, 0.05) is 30.6 Å². The van der Waals surface area contributed by atoms with Gasteiger partial charge in [-0.1, -0.05) is 0 Å². The van der Waals surface area contributed by atoms with E-state index in [9.17, 15) is 8.78 Å². The van der Waals surface area contributed by atoms with E-state index in [-0.39, 0.29) is 5.95 Å². The van der Waals surface area contributed by atoms with Crippen molar-refractivity contribution < 1.29 is 8.78 Å². The average Bonchev–Trinajstić information content (AvgIpc) is 3.18. The van der Waals surface area contributed by atoms with Gasteiger partial charge in [-0.05, 0) is 0 Å². The third-order valence-electron chi connectivity index (χ3n) is 3.67. The zero-order valence-electron chi connectivity index (χ0n) is 12.5. The minimum absolute atomic E-state index is 0.284. The van der Waals surface area contributed by atoms with Crippen LogP contribution in [0, 0.1) is 5.82 Å². The smallest absolute Gasteiger partial charge is 0.229 e. The molecular formula is C14H13F2N7S. The number of nitrogens with zero attached hydrogens (tertiary/aromatic N) is 5. The highest BCUT2D eigenvalue weighted by molar-refractivity contribution is 7.16. The van der Waals surface area contributed by atoms with E-state index in [0.29, 0.717) is 24.0 Å². The van der Waals surface area contributed by atoms with Crippen molar-refractivity contribution in [1.29, 1.82) is 0 Å². The first kappa shape index (κ1) is 14.9. The second-order valence-corrected chi connectivity index (χ2v) is 6.27. The lowest BCUT2D eigenvalue weighted by atomic mass is 10.2. The summed E-state index contributed by atoms with van der Waals surface area (Å²) in [5.74, 6) is 0.500. The second kappa shape index (κ2) is 6.11. The Bertz CT molecular complexity index is 845. The zero-order valence-corrected chi connectivity index (χ0v) is 13.3. The number of H-pyrrole nitrogens is 1. The van der Waals surface area contributed by atoms with Gasteiger partial charge in [-0.3, -0.25) is 5.10 Å². The van der Waals surface area contributed by atoms with E-state index >= 15 is 0 Å². The highest BCUT2D eigenvalue weighted by Gasteiger charge is 2.25. The number of thiazole rings is 1. The number of rotatable bonds is 4. The van der Waals surface area contributed by atoms with Gasteiger partial charge in [-0.25, -0.2) is 23.7 Å². The first-order valence-electron chi connectivity index (χ1n) is 7.34. The molecule has 0 atom stereocenters. The maximum absolute atomic E-state index is 12.9.